The van der Waals surface area contributed by atoms with Gasteiger partial charge in [0.15, 0.2) is 0 Å². The van der Waals surface area contributed by atoms with Crippen LogP contribution in [0.5, 0.6) is 0 Å². The molecule has 2 fully saturated rings. The Morgan fingerprint density at radius 2 is 1.82 bits per heavy atom. The van der Waals surface area contributed by atoms with Gasteiger partial charge in [-0.3, -0.25) is 9.69 Å². The Bertz CT molecular complexity index is 642. The first-order valence-electron chi connectivity index (χ1n) is 10.5. The average molecular weight is 428 g/mol. The van der Waals surface area contributed by atoms with Gasteiger partial charge in [-0.25, -0.2) is 0 Å². The number of carbonyl (C=O) groups excluding carboxylic acids is 1. The minimum Gasteiger partial charge on any atom is -0.354 e. The summed E-state index contributed by atoms with van der Waals surface area (Å²) in [5, 5.41) is 3.26. The highest BCUT2D eigenvalue weighted by Crippen LogP contribution is 2.41. The Morgan fingerprint density at radius 1 is 1.18 bits per heavy atom. The minimum absolute atomic E-state index is 0. The Morgan fingerprint density at radius 3 is 2.50 bits per heavy atom. The second-order valence-corrected chi connectivity index (χ2v) is 8.78. The van der Waals surface area contributed by atoms with E-state index in [1.807, 2.05) is 0 Å². The van der Waals surface area contributed by atoms with Gasteiger partial charge in [-0.1, -0.05) is 30.7 Å². The molecule has 28 heavy (non-hydrogen) atoms. The molecule has 3 unspecified atom stereocenters. The van der Waals surface area contributed by atoms with Crippen LogP contribution in [0.25, 0.3) is 0 Å². The van der Waals surface area contributed by atoms with E-state index in [-0.39, 0.29) is 36.6 Å². The highest BCUT2D eigenvalue weighted by molar-refractivity contribution is 5.85. The molecule has 1 aromatic rings. The Labute approximate surface area is 181 Å². The van der Waals surface area contributed by atoms with E-state index < -0.39 is 0 Å². The van der Waals surface area contributed by atoms with E-state index in [2.05, 4.69) is 41.4 Å². The van der Waals surface area contributed by atoms with Crippen LogP contribution in [0.1, 0.15) is 50.2 Å². The number of benzene rings is 1. The van der Waals surface area contributed by atoms with Crippen molar-refractivity contribution in [2.24, 2.45) is 23.5 Å². The molecule has 4 nitrogen and oxygen atoms in total. The molecule has 0 spiro atoms. The molecular weight excluding hydrogens is 393 g/mol. The normalized spacial score (nSPS) is 30.2. The second kappa shape index (κ2) is 10.3. The SMILES string of the molecule is CC(CNC(=O)C1CC2CCCC(C1)C2N)N1CCc2ccccc2C1.Cl.Cl. The fourth-order valence-electron chi connectivity index (χ4n) is 5.42. The Kier molecular flexibility index (Phi) is 8.62. The molecule has 2 bridgehead atoms. The monoisotopic (exact) mass is 427 g/mol. The number of rotatable bonds is 4. The molecule has 6 heteroatoms. The van der Waals surface area contributed by atoms with Crippen LogP contribution in [0.2, 0.25) is 0 Å². The molecule has 0 saturated heterocycles. The number of amides is 1. The topological polar surface area (TPSA) is 58.4 Å². The van der Waals surface area contributed by atoms with Crippen molar-refractivity contribution in [3.63, 3.8) is 0 Å². The van der Waals surface area contributed by atoms with Crippen molar-refractivity contribution in [2.45, 2.75) is 64.1 Å². The summed E-state index contributed by atoms with van der Waals surface area (Å²) in [4.78, 5) is 15.2. The van der Waals surface area contributed by atoms with Gasteiger partial charge in [-0.2, -0.15) is 0 Å². The lowest BCUT2D eigenvalue weighted by Crippen LogP contribution is -2.50. The number of fused-ring (bicyclic) bond motifs is 3. The molecule has 3 aliphatic rings. The van der Waals surface area contributed by atoms with Gasteiger partial charge in [0, 0.05) is 37.6 Å². The molecule has 2 saturated carbocycles. The predicted molar refractivity (Wildman–Crippen MR) is 119 cm³/mol. The van der Waals surface area contributed by atoms with E-state index in [4.69, 9.17) is 5.73 Å². The van der Waals surface area contributed by atoms with E-state index in [9.17, 15) is 4.79 Å². The van der Waals surface area contributed by atoms with Crippen LogP contribution < -0.4 is 11.1 Å². The fourth-order valence-corrected chi connectivity index (χ4v) is 5.42. The maximum absolute atomic E-state index is 12.8. The van der Waals surface area contributed by atoms with Gasteiger partial charge in [0.1, 0.15) is 0 Å². The van der Waals surface area contributed by atoms with Crippen LogP contribution in [0.3, 0.4) is 0 Å². The zero-order valence-electron chi connectivity index (χ0n) is 16.8. The first-order chi connectivity index (χ1) is 12.6. The molecule has 1 heterocycles. The van der Waals surface area contributed by atoms with Crippen molar-refractivity contribution in [3.8, 4) is 0 Å². The molecule has 3 N–H and O–H groups in total. The van der Waals surface area contributed by atoms with Gasteiger partial charge in [-0.15, -0.1) is 24.8 Å². The summed E-state index contributed by atoms with van der Waals surface area (Å²) in [5.41, 5.74) is 9.28. The van der Waals surface area contributed by atoms with Crippen molar-refractivity contribution in [1.82, 2.24) is 10.2 Å². The fraction of sp³-hybridized carbons (Fsp3) is 0.682. The predicted octanol–water partition coefficient (Wildman–Crippen LogP) is 3.55. The number of carbonyl (C=O) groups is 1. The highest BCUT2D eigenvalue weighted by Gasteiger charge is 2.40. The number of hydrogen-bond donors (Lipinski definition) is 2. The summed E-state index contributed by atoms with van der Waals surface area (Å²) in [6, 6.07) is 9.43. The first-order valence-corrected chi connectivity index (χ1v) is 10.5. The summed E-state index contributed by atoms with van der Waals surface area (Å²) in [6.45, 7) is 5.06. The zero-order chi connectivity index (χ0) is 18.1. The summed E-state index contributed by atoms with van der Waals surface area (Å²) in [7, 11) is 0. The molecule has 0 radical (unpaired) electrons. The van der Waals surface area contributed by atoms with Crippen LogP contribution in [0, 0.1) is 17.8 Å². The van der Waals surface area contributed by atoms with Gasteiger partial charge < -0.3 is 11.1 Å². The lowest BCUT2D eigenvalue weighted by molar-refractivity contribution is -0.128. The van der Waals surface area contributed by atoms with Gasteiger partial charge >= 0.3 is 0 Å². The minimum atomic E-state index is 0. The van der Waals surface area contributed by atoms with E-state index in [1.165, 1.54) is 30.4 Å². The maximum atomic E-state index is 12.8. The lowest BCUT2D eigenvalue weighted by atomic mass is 9.65. The van der Waals surface area contributed by atoms with Crippen LogP contribution >= 0.6 is 24.8 Å². The molecule has 3 atom stereocenters. The quantitative estimate of drug-likeness (QED) is 0.771. The van der Waals surface area contributed by atoms with E-state index >= 15 is 0 Å². The Hall–Kier alpha value is -0.810. The van der Waals surface area contributed by atoms with Crippen LogP contribution in [-0.2, 0) is 17.8 Å². The first kappa shape index (κ1) is 23.5. The summed E-state index contributed by atoms with van der Waals surface area (Å²) in [5.74, 6) is 1.57. The number of hydrogen-bond acceptors (Lipinski definition) is 3. The van der Waals surface area contributed by atoms with Gasteiger partial charge in [0.25, 0.3) is 0 Å². The molecule has 2 aliphatic carbocycles. The lowest BCUT2D eigenvalue weighted by Gasteiger charge is -2.43. The average Bonchev–Trinajstić information content (AvgIpc) is 2.65. The van der Waals surface area contributed by atoms with Gasteiger partial charge in [-0.05, 0) is 62.0 Å². The number of nitrogens with zero attached hydrogens (tertiary/aromatic N) is 1. The Balaban J connectivity index is 0.00000140. The van der Waals surface area contributed by atoms with Crippen LogP contribution in [0.15, 0.2) is 24.3 Å². The molecular formula is C22H35Cl2N3O. The van der Waals surface area contributed by atoms with E-state index in [0.717, 1.165) is 38.9 Å². The third-order valence-electron chi connectivity index (χ3n) is 7.14. The number of halogens is 2. The molecule has 1 aliphatic heterocycles. The van der Waals surface area contributed by atoms with Crippen LogP contribution in [-0.4, -0.2) is 36.0 Å². The van der Waals surface area contributed by atoms with Crippen LogP contribution in [0.4, 0.5) is 0 Å². The number of nitrogens with one attached hydrogen (secondary N) is 1. The second-order valence-electron chi connectivity index (χ2n) is 8.78. The zero-order valence-corrected chi connectivity index (χ0v) is 18.4. The maximum Gasteiger partial charge on any atom is 0.223 e. The molecule has 1 aromatic carbocycles. The molecule has 158 valence electrons. The standard InChI is InChI=1S/C22H33N3O.2ClH/c1-15(25-10-9-16-5-2-3-6-19(16)14-25)13-24-22(26)20-11-17-7-4-8-18(12-20)21(17)23;;/h2-3,5-6,15,17-18,20-21H,4,7-14,23H2,1H3,(H,24,26);2*1H. The van der Waals surface area contributed by atoms with Crippen molar-refractivity contribution >= 4 is 30.7 Å². The van der Waals surface area contributed by atoms with Crippen molar-refractivity contribution in [2.75, 3.05) is 13.1 Å². The molecule has 4 rings (SSSR count). The summed E-state index contributed by atoms with van der Waals surface area (Å²) < 4.78 is 0. The van der Waals surface area contributed by atoms with Gasteiger partial charge in [0.05, 0.1) is 0 Å². The van der Waals surface area contributed by atoms with Crippen molar-refractivity contribution < 1.29 is 4.79 Å². The third-order valence-corrected chi connectivity index (χ3v) is 7.14. The van der Waals surface area contributed by atoms with Crippen molar-refractivity contribution in [1.29, 1.82) is 0 Å². The molecule has 1 amide bonds. The van der Waals surface area contributed by atoms with E-state index in [1.54, 1.807) is 0 Å². The number of nitrogens with two attached hydrogens (primary N) is 1. The smallest absolute Gasteiger partial charge is 0.223 e. The largest absolute Gasteiger partial charge is 0.354 e. The molecule has 0 aromatic heterocycles. The van der Waals surface area contributed by atoms with Gasteiger partial charge in [0.2, 0.25) is 5.91 Å². The van der Waals surface area contributed by atoms with Crippen molar-refractivity contribution in [3.05, 3.63) is 35.4 Å². The van der Waals surface area contributed by atoms with E-state index in [0.29, 0.717) is 23.9 Å². The third kappa shape index (κ3) is 5.02. The summed E-state index contributed by atoms with van der Waals surface area (Å²) >= 11 is 0. The highest BCUT2D eigenvalue weighted by atomic mass is 35.5. The summed E-state index contributed by atoms with van der Waals surface area (Å²) in [6.07, 6.45) is 6.82.